The van der Waals surface area contributed by atoms with Gasteiger partial charge >= 0.3 is 0 Å². The van der Waals surface area contributed by atoms with Gasteiger partial charge in [-0.1, -0.05) is 18.2 Å². The van der Waals surface area contributed by atoms with Crippen LogP contribution in [0.1, 0.15) is 5.82 Å². The Morgan fingerprint density at radius 2 is 1.76 bits per heavy atom. The number of aromatic nitrogens is 3. The Kier molecular flexibility index (Phi) is 3.45. The number of hydrogen-bond acceptors (Lipinski definition) is 3. The summed E-state index contributed by atoms with van der Waals surface area (Å²) in [4.78, 5) is 0. The Labute approximate surface area is 119 Å². The van der Waals surface area contributed by atoms with E-state index in [9.17, 15) is 13.9 Å². The molecular formula is C15H11F2N3O. The van der Waals surface area contributed by atoms with E-state index in [0.717, 1.165) is 12.1 Å². The van der Waals surface area contributed by atoms with E-state index < -0.39 is 11.6 Å². The number of halogens is 2. The van der Waals surface area contributed by atoms with E-state index >= 15 is 0 Å². The van der Waals surface area contributed by atoms with Gasteiger partial charge in [-0.3, -0.25) is 4.57 Å². The molecule has 0 radical (unpaired) electrons. The lowest BCUT2D eigenvalue weighted by Gasteiger charge is -2.10. The van der Waals surface area contributed by atoms with Crippen LogP contribution in [-0.2, 0) is 6.61 Å². The second kappa shape index (κ2) is 5.41. The SMILES string of the molecule is OCc1nnc(-c2ccc(F)cc2F)n1-c1ccccc1. The molecule has 0 aliphatic heterocycles. The van der Waals surface area contributed by atoms with Crippen molar-refractivity contribution in [2.45, 2.75) is 6.61 Å². The van der Waals surface area contributed by atoms with Gasteiger partial charge in [0.2, 0.25) is 0 Å². The number of aliphatic hydroxyl groups excluding tert-OH is 1. The average molecular weight is 287 g/mol. The van der Waals surface area contributed by atoms with Crippen LogP contribution in [-0.4, -0.2) is 19.9 Å². The summed E-state index contributed by atoms with van der Waals surface area (Å²) in [6, 6.07) is 12.3. The summed E-state index contributed by atoms with van der Waals surface area (Å²) < 4.78 is 28.5. The molecule has 0 fully saturated rings. The molecule has 1 heterocycles. The lowest BCUT2D eigenvalue weighted by Crippen LogP contribution is -2.04. The van der Waals surface area contributed by atoms with Crippen LogP contribution in [0.25, 0.3) is 17.1 Å². The molecule has 0 atom stereocenters. The fourth-order valence-electron chi connectivity index (χ4n) is 2.11. The van der Waals surface area contributed by atoms with Crippen molar-refractivity contribution in [1.82, 2.24) is 14.8 Å². The summed E-state index contributed by atoms with van der Waals surface area (Å²) in [5, 5.41) is 17.1. The molecule has 0 bridgehead atoms. The summed E-state index contributed by atoms with van der Waals surface area (Å²) in [6.07, 6.45) is 0. The minimum absolute atomic E-state index is 0.118. The zero-order chi connectivity index (χ0) is 14.8. The van der Waals surface area contributed by atoms with Crippen LogP contribution >= 0.6 is 0 Å². The number of nitrogens with zero attached hydrogens (tertiary/aromatic N) is 3. The Morgan fingerprint density at radius 3 is 2.43 bits per heavy atom. The number of para-hydroxylation sites is 1. The zero-order valence-electron chi connectivity index (χ0n) is 10.9. The molecule has 0 spiro atoms. The summed E-state index contributed by atoms with van der Waals surface area (Å²) in [7, 11) is 0. The third kappa shape index (κ3) is 2.41. The van der Waals surface area contributed by atoms with Crippen molar-refractivity contribution in [3.63, 3.8) is 0 Å². The molecule has 0 unspecified atom stereocenters. The van der Waals surface area contributed by atoms with Crippen LogP contribution in [0.3, 0.4) is 0 Å². The number of rotatable bonds is 3. The van der Waals surface area contributed by atoms with E-state index in [1.807, 2.05) is 6.07 Å². The van der Waals surface area contributed by atoms with Crippen LogP contribution in [0.5, 0.6) is 0 Å². The average Bonchev–Trinajstić information content (AvgIpc) is 2.92. The maximum atomic E-state index is 14.0. The van der Waals surface area contributed by atoms with Crippen molar-refractivity contribution in [2.75, 3.05) is 0 Å². The summed E-state index contributed by atoms with van der Waals surface area (Å²) in [5.41, 5.74) is 0.803. The zero-order valence-corrected chi connectivity index (χ0v) is 10.9. The highest BCUT2D eigenvalue weighted by atomic mass is 19.1. The number of benzene rings is 2. The molecule has 3 aromatic rings. The van der Waals surface area contributed by atoms with Crippen molar-refractivity contribution < 1.29 is 13.9 Å². The highest BCUT2D eigenvalue weighted by Gasteiger charge is 2.18. The molecule has 0 aliphatic carbocycles. The van der Waals surface area contributed by atoms with Gasteiger partial charge in [-0.15, -0.1) is 10.2 Å². The van der Waals surface area contributed by atoms with E-state index in [1.54, 1.807) is 24.3 Å². The second-order valence-corrected chi connectivity index (χ2v) is 4.39. The molecule has 0 saturated carbocycles. The van der Waals surface area contributed by atoms with Gasteiger partial charge in [-0.05, 0) is 24.3 Å². The van der Waals surface area contributed by atoms with E-state index in [-0.39, 0.29) is 23.8 Å². The highest BCUT2D eigenvalue weighted by molar-refractivity contribution is 5.59. The molecule has 4 nitrogen and oxygen atoms in total. The molecule has 0 saturated heterocycles. The van der Waals surface area contributed by atoms with Gasteiger partial charge in [0.15, 0.2) is 11.6 Å². The molecule has 0 aliphatic rings. The third-order valence-electron chi connectivity index (χ3n) is 3.06. The van der Waals surface area contributed by atoms with E-state index in [1.165, 1.54) is 10.6 Å². The Hall–Kier alpha value is -2.60. The summed E-state index contributed by atoms with van der Waals surface area (Å²) in [5.74, 6) is -0.906. The molecule has 1 N–H and O–H groups in total. The Morgan fingerprint density at radius 1 is 1.00 bits per heavy atom. The largest absolute Gasteiger partial charge is 0.388 e. The maximum Gasteiger partial charge on any atom is 0.171 e. The van der Waals surface area contributed by atoms with Gasteiger partial charge in [-0.25, -0.2) is 8.78 Å². The number of aliphatic hydroxyl groups is 1. The highest BCUT2D eigenvalue weighted by Crippen LogP contribution is 2.25. The van der Waals surface area contributed by atoms with E-state index in [2.05, 4.69) is 10.2 Å². The van der Waals surface area contributed by atoms with Crippen LogP contribution in [0, 0.1) is 11.6 Å². The fourth-order valence-corrected chi connectivity index (χ4v) is 2.11. The maximum absolute atomic E-state index is 14.0. The van der Waals surface area contributed by atoms with Gasteiger partial charge < -0.3 is 5.11 Å². The first-order valence-corrected chi connectivity index (χ1v) is 6.26. The second-order valence-electron chi connectivity index (χ2n) is 4.39. The van der Waals surface area contributed by atoms with Crippen LogP contribution < -0.4 is 0 Å². The summed E-state index contributed by atoms with van der Waals surface area (Å²) in [6.45, 7) is -0.343. The minimum atomic E-state index is -0.732. The fraction of sp³-hybridized carbons (Fsp3) is 0.0667. The Bertz CT molecular complexity index is 772. The summed E-state index contributed by atoms with van der Waals surface area (Å²) >= 11 is 0. The van der Waals surface area contributed by atoms with Crippen molar-refractivity contribution in [3.8, 4) is 17.1 Å². The first-order chi connectivity index (χ1) is 10.2. The lowest BCUT2D eigenvalue weighted by molar-refractivity contribution is 0.269. The quantitative estimate of drug-likeness (QED) is 0.805. The van der Waals surface area contributed by atoms with Crippen molar-refractivity contribution in [1.29, 1.82) is 0 Å². The monoisotopic (exact) mass is 287 g/mol. The van der Waals surface area contributed by atoms with Crippen molar-refractivity contribution in [2.24, 2.45) is 0 Å². The van der Waals surface area contributed by atoms with Crippen LogP contribution in [0.15, 0.2) is 48.5 Å². The van der Waals surface area contributed by atoms with Crippen LogP contribution in [0.2, 0.25) is 0 Å². The van der Waals surface area contributed by atoms with Crippen molar-refractivity contribution in [3.05, 3.63) is 66.0 Å². The standard InChI is InChI=1S/C15H11F2N3O/c16-10-6-7-12(13(17)8-10)15-19-18-14(9-21)20(15)11-4-2-1-3-5-11/h1-8,21H,9H2. The topological polar surface area (TPSA) is 50.9 Å². The first-order valence-electron chi connectivity index (χ1n) is 6.26. The van der Waals surface area contributed by atoms with E-state index in [4.69, 9.17) is 0 Å². The van der Waals surface area contributed by atoms with Gasteiger partial charge in [0.1, 0.15) is 18.2 Å². The smallest absolute Gasteiger partial charge is 0.171 e. The molecule has 0 amide bonds. The molecule has 2 aromatic carbocycles. The minimum Gasteiger partial charge on any atom is -0.388 e. The number of hydrogen-bond donors (Lipinski definition) is 1. The molecule has 106 valence electrons. The molecule has 1 aromatic heterocycles. The molecule has 21 heavy (non-hydrogen) atoms. The van der Waals surface area contributed by atoms with Gasteiger partial charge in [0, 0.05) is 11.8 Å². The lowest BCUT2D eigenvalue weighted by atomic mass is 10.2. The van der Waals surface area contributed by atoms with Gasteiger partial charge in [-0.2, -0.15) is 0 Å². The van der Waals surface area contributed by atoms with E-state index in [0.29, 0.717) is 5.69 Å². The molecule has 3 rings (SSSR count). The molecular weight excluding hydrogens is 276 g/mol. The van der Waals surface area contributed by atoms with Crippen LogP contribution in [0.4, 0.5) is 8.78 Å². The first kappa shape index (κ1) is 13.4. The third-order valence-corrected chi connectivity index (χ3v) is 3.06. The normalized spacial score (nSPS) is 10.8. The van der Waals surface area contributed by atoms with Gasteiger partial charge in [0.25, 0.3) is 0 Å². The van der Waals surface area contributed by atoms with Gasteiger partial charge in [0.05, 0.1) is 5.56 Å². The predicted octanol–water partition coefficient (Wildman–Crippen LogP) is 2.70. The van der Waals surface area contributed by atoms with Crippen molar-refractivity contribution >= 4 is 0 Å². The predicted molar refractivity (Wildman–Crippen MR) is 72.6 cm³/mol. The Balaban J connectivity index is 2.22. The molecule has 6 heteroatoms.